The molecule has 0 radical (unpaired) electrons. The number of esters is 1. The zero-order valence-corrected chi connectivity index (χ0v) is 17.3. The number of halogens is 1. The van der Waals surface area contributed by atoms with Gasteiger partial charge in [0.25, 0.3) is 5.91 Å². The fraction of sp³-hybridized carbons (Fsp3) is 0.455. The molecule has 1 aliphatic carbocycles. The van der Waals surface area contributed by atoms with Gasteiger partial charge < -0.3 is 19.7 Å². The van der Waals surface area contributed by atoms with Crippen molar-refractivity contribution in [1.29, 1.82) is 0 Å². The molecule has 1 saturated heterocycles. The van der Waals surface area contributed by atoms with Crippen LogP contribution in [0.1, 0.15) is 25.7 Å². The number of benzene rings is 1. The molecule has 2 heterocycles. The van der Waals surface area contributed by atoms with E-state index in [2.05, 4.69) is 15.3 Å². The first kappa shape index (κ1) is 21.2. The number of anilines is 2. The third-order valence-corrected chi connectivity index (χ3v) is 5.70. The molecule has 1 aromatic carbocycles. The van der Waals surface area contributed by atoms with Crippen molar-refractivity contribution in [1.82, 2.24) is 9.97 Å². The standard InChI is InChI=1S/C22H25FN4O4/c1-30-21(29)15-5-2-6-16(10-15)25-22-24-12-18(23)20(26-22)14-4-3-7-17(11-14)27-8-9-31-13-19(27)28/h3-4,7,11-12,15-16H,2,5-6,8-10,13H2,1H3,(H,24,25,26)/t15-,16+/m0/s1. The van der Waals surface area contributed by atoms with E-state index in [0.717, 1.165) is 25.5 Å². The van der Waals surface area contributed by atoms with Gasteiger partial charge in [-0.2, -0.15) is 0 Å². The van der Waals surface area contributed by atoms with Gasteiger partial charge in [-0.05, 0) is 31.4 Å². The van der Waals surface area contributed by atoms with E-state index in [1.165, 1.54) is 7.11 Å². The van der Waals surface area contributed by atoms with Crippen molar-refractivity contribution in [3.05, 3.63) is 36.3 Å². The van der Waals surface area contributed by atoms with Crippen LogP contribution in [0.15, 0.2) is 30.5 Å². The second-order valence-corrected chi connectivity index (χ2v) is 7.77. The summed E-state index contributed by atoms with van der Waals surface area (Å²) in [5.41, 5.74) is 1.38. The minimum atomic E-state index is -0.549. The Morgan fingerprint density at radius 3 is 3.03 bits per heavy atom. The van der Waals surface area contributed by atoms with Gasteiger partial charge in [0.15, 0.2) is 5.82 Å². The number of rotatable bonds is 5. The SMILES string of the molecule is COC(=O)[C@H]1CCC[C@@H](Nc2ncc(F)c(-c3cccc(N4CCOCC4=O)c3)n2)C1. The lowest BCUT2D eigenvalue weighted by molar-refractivity contribution is -0.146. The summed E-state index contributed by atoms with van der Waals surface area (Å²) in [5, 5.41) is 3.23. The van der Waals surface area contributed by atoms with Crippen LogP contribution in [0.4, 0.5) is 16.0 Å². The first-order chi connectivity index (χ1) is 15.0. The Kier molecular flexibility index (Phi) is 6.41. The topological polar surface area (TPSA) is 93.6 Å². The summed E-state index contributed by atoms with van der Waals surface area (Å²) in [6, 6.07) is 7.07. The summed E-state index contributed by atoms with van der Waals surface area (Å²) in [7, 11) is 1.40. The lowest BCUT2D eigenvalue weighted by Crippen LogP contribution is -2.41. The van der Waals surface area contributed by atoms with E-state index >= 15 is 0 Å². The number of morpholine rings is 1. The Bertz CT molecular complexity index is 970. The highest BCUT2D eigenvalue weighted by molar-refractivity contribution is 5.95. The van der Waals surface area contributed by atoms with Gasteiger partial charge in [0.1, 0.15) is 12.3 Å². The second-order valence-electron chi connectivity index (χ2n) is 7.77. The third-order valence-electron chi connectivity index (χ3n) is 5.70. The van der Waals surface area contributed by atoms with Crippen molar-refractivity contribution >= 4 is 23.5 Å². The van der Waals surface area contributed by atoms with Gasteiger partial charge >= 0.3 is 5.97 Å². The van der Waals surface area contributed by atoms with Gasteiger partial charge in [0.2, 0.25) is 5.95 Å². The van der Waals surface area contributed by atoms with E-state index in [4.69, 9.17) is 9.47 Å². The second kappa shape index (κ2) is 9.38. The molecule has 2 atom stereocenters. The first-order valence-corrected chi connectivity index (χ1v) is 10.4. The van der Waals surface area contributed by atoms with Crippen LogP contribution in [0.5, 0.6) is 0 Å². The Labute approximate surface area is 179 Å². The summed E-state index contributed by atoms with van der Waals surface area (Å²) in [6.45, 7) is 0.943. The number of methoxy groups -OCH3 is 1. The predicted molar refractivity (Wildman–Crippen MR) is 112 cm³/mol. The molecule has 1 N–H and O–H groups in total. The lowest BCUT2D eigenvalue weighted by Gasteiger charge is -2.28. The van der Waals surface area contributed by atoms with Crippen LogP contribution < -0.4 is 10.2 Å². The number of aromatic nitrogens is 2. The maximum absolute atomic E-state index is 14.6. The van der Waals surface area contributed by atoms with Crippen LogP contribution in [0.2, 0.25) is 0 Å². The van der Waals surface area contributed by atoms with E-state index in [-0.39, 0.29) is 36.1 Å². The quantitative estimate of drug-likeness (QED) is 0.732. The molecule has 0 unspecified atom stereocenters. The monoisotopic (exact) mass is 428 g/mol. The number of hydrogen-bond acceptors (Lipinski definition) is 7. The van der Waals surface area contributed by atoms with Gasteiger partial charge in [-0.15, -0.1) is 0 Å². The summed E-state index contributed by atoms with van der Waals surface area (Å²) in [5.74, 6) is -0.737. The van der Waals surface area contributed by atoms with Crippen LogP contribution in [0.3, 0.4) is 0 Å². The van der Waals surface area contributed by atoms with Crippen LogP contribution >= 0.6 is 0 Å². The van der Waals surface area contributed by atoms with Gasteiger partial charge in [-0.3, -0.25) is 9.59 Å². The van der Waals surface area contributed by atoms with Gasteiger partial charge in [0, 0.05) is 23.8 Å². The molecule has 2 fully saturated rings. The van der Waals surface area contributed by atoms with E-state index in [9.17, 15) is 14.0 Å². The average Bonchev–Trinajstić information content (AvgIpc) is 2.80. The summed E-state index contributed by atoms with van der Waals surface area (Å²) >= 11 is 0. The van der Waals surface area contributed by atoms with Gasteiger partial charge in [-0.1, -0.05) is 18.6 Å². The Morgan fingerprint density at radius 2 is 2.23 bits per heavy atom. The minimum absolute atomic E-state index is 0.00784. The number of carbonyl (C=O) groups excluding carboxylic acids is 2. The average molecular weight is 428 g/mol. The highest BCUT2D eigenvalue weighted by Crippen LogP contribution is 2.29. The smallest absolute Gasteiger partial charge is 0.308 e. The molecule has 8 nitrogen and oxygen atoms in total. The van der Waals surface area contributed by atoms with Crippen LogP contribution in [-0.2, 0) is 19.1 Å². The summed E-state index contributed by atoms with van der Waals surface area (Å²) in [4.78, 5) is 34.1. The number of nitrogens with one attached hydrogen (secondary N) is 1. The lowest BCUT2D eigenvalue weighted by atomic mass is 9.86. The summed E-state index contributed by atoms with van der Waals surface area (Å²) < 4.78 is 24.6. The van der Waals surface area contributed by atoms with Gasteiger partial charge in [-0.25, -0.2) is 14.4 Å². The molecular weight excluding hydrogens is 403 g/mol. The number of carbonyl (C=O) groups is 2. The molecule has 9 heteroatoms. The van der Waals surface area contributed by atoms with Crippen molar-refractivity contribution in [3.63, 3.8) is 0 Å². The maximum atomic E-state index is 14.6. The van der Waals surface area contributed by atoms with Crippen molar-refractivity contribution in [2.75, 3.05) is 37.1 Å². The Hall–Kier alpha value is -3.07. The normalized spacial score (nSPS) is 21.6. The molecular formula is C22H25FN4O4. The number of ether oxygens (including phenoxy) is 2. The summed E-state index contributed by atoms with van der Waals surface area (Å²) in [6.07, 6.45) is 4.32. The molecule has 31 heavy (non-hydrogen) atoms. The van der Waals surface area contributed by atoms with Crippen LogP contribution in [0.25, 0.3) is 11.3 Å². The molecule has 0 spiro atoms. The molecule has 2 aliphatic rings. The molecule has 2 aromatic rings. The molecule has 164 valence electrons. The Balaban J connectivity index is 1.54. The number of hydrogen-bond donors (Lipinski definition) is 1. The van der Waals surface area contributed by atoms with E-state index in [0.29, 0.717) is 36.8 Å². The van der Waals surface area contributed by atoms with Crippen molar-refractivity contribution in [2.24, 2.45) is 5.92 Å². The molecule has 1 saturated carbocycles. The highest BCUT2D eigenvalue weighted by Gasteiger charge is 2.28. The highest BCUT2D eigenvalue weighted by atomic mass is 19.1. The number of amides is 1. The minimum Gasteiger partial charge on any atom is -0.469 e. The number of nitrogens with zero attached hydrogens (tertiary/aromatic N) is 3. The third kappa shape index (κ3) is 4.82. The fourth-order valence-electron chi connectivity index (χ4n) is 4.14. The first-order valence-electron chi connectivity index (χ1n) is 10.4. The zero-order valence-electron chi connectivity index (χ0n) is 17.3. The zero-order chi connectivity index (χ0) is 21.8. The Morgan fingerprint density at radius 1 is 1.35 bits per heavy atom. The fourth-order valence-corrected chi connectivity index (χ4v) is 4.14. The van der Waals surface area contributed by atoms with Crippen LogP contribution in [-0.4, -0.2) is 54.8 Å². The molecule has 1 aliphatic heterocycles. The maximum Gasteiger partial charge on any atom is 0.308 e. The molecule has 1 aromatic heterocycles. The van der Waals surface area contributed by atoms with Crippen molar-refractivity contribution in [2.45, 2.75) is 31.7 Å². The van der Waals surface area contributed by atoms with Gasteiger partial charge in [0.05, 0.1) is 25.8 Å². The van der Waals surface area contributed by atoms with Crippen molar-refractivity contribution < 1.29 is 23.5 Å². The van der Waals surface area contributed by atoms with Crippen LogP contribution in [0, 0.1) is 11.7 Å². The molecule has 0 bridgehead atoms. The van der Waals surface area contributed by atoms with E-state index < -0.39 is 5.82 Å². The van der Waals surface area contributed by atoms with Crippen molar-refractivity contribution in [3.8, 4) is 11.3 Å². The molecule has 1 amide bonds. The largest absolute Gasteiger partial charge is 0.469 e. The molecule has 4 rings (SSSR count). The van der Waals surface area contributed by atoms with E-state index in [1.54, 1.807) is 29.2 Å². The predicted octanol–water partition coefficient (Wildman–Crippen LogP) is 2.79. The van der Waals surface area contributed by atoms with E-state index in [1.807, 2.05) is 0 Å².